The first-order valence-electron chi connectivity index (χ1n) is 10.5. The van der Waals surface area contributed by atoms with Gasteiger partial charge in [-0.25, -0.2) is 0 Å². The standard InChI is InChI=1S/C22H31BO7/c1-13(2)17(21(25)27-11-16-12-28-22(4,5)30-16)8-9-19(24)18-7-6-15-10-29-23(26)20(15)14(18)3/h6-7,13,16-17,26H,8-12H2,1-5H3/t16?,17-/m0/s1. The number of fused-ring (bicyclic) bond motifs is 1. The highest BCUT2D eigenvalue weighted by Gasteiger charge is 2.35. The van der Waals surface area contributed by atoms with E-state index < -0.39 is 12.9 Å². The summed E-state index contributed by atoms with van der Waals surface area (Å²) in [5.41, 5.74) is 2.89. The van der Waals surface area contributed by atoms with Crippen molar-refractivity contribution in [1.29, 1.82) is 0 Å². The average Bonchev–Trinajstić information content (AvgIpc) is 3.22. The van der Waals surface area contributed by atoms with Crippen LogP contribution in [0.3, 0.4) is 0 Å². The molecule has 30 heavy (non-hydrogen) atoms. The molecule has 0 radical (unpaired) electrons. The van der Waals surface area contributed by atoms with Crippen LogP contribution in [0.15, 0.2) is 12.1 Å². The molecule has 1 aromatic rings. The molecule has 0 spiro atoms. The quantitative estimate of drug-likeness (QED) is 0.393. The lowest BCUT2D eigenvalue weighted by molar-refractivity contribution is -0.162. The van der Waals surface area contributed by atoms with Gasteiger partial charge in [-0.1, -0.05) is 26.0 Å². The summed E-state index contributed by atoms with van der Waals surface area (Å²) in [6.07, 6.45) is 0.351. The fourth-order valence-corrected chi connectivity index (χ4v) is 4.08. The topological polar surface area (TPSA) is 91.3 Å². The first-order chi connectivity index (χ1) is 14.1. The molecule has 164 valence electrons. The molecule has 1 fully saturated rings. The molecule has 3 rings (SSSR count). The Labute approximate surface area is 178 Å². The average molecular weight is 418 g/mol. The van der Waals surface area contributed by atoms with Crippen LogP contribution in [0.5, 0.6) is 0 Å². The third kappa shape index (κ3) is 5.11. The van der Waals surface area contributed by atoms with Crippen molar-refractivity contribution in [2.75, 3.05) is 13.2 Å². The van der Waals surface area contributed by atoms with Crippen LogP contribution < -0.4 is 5.46 Å². The van der Waals surface area contributed by atoms with Crippen LogP contribution in [0.4, 0.5) is 0 Å². The summed E-state index contributed by atoms with van der Waals surface area (Å²) in [5.74, 6) is -1.37. The van der Waals surface area contributed by atoms with E-state index in [4.69, 9.17) is 18.9 Å². The number of esters is 1. The van der Waals surface area contributed by atoms with Gasteiger partial charge in [0.05, 0.1) is 19.1 Å². The number of Topliss-reactive ketones (excluding diaryl/α,β-unsaturated/α-hetero) is 1. The van der Waals surface area contributed by atoms with Crippen LogP contribution in [0.2, 0.25) is 0 Å². The zero-order chi connectivity index (χ0) is 22.1. The van der Waals surface area contributed by atoms with Gasteiger partial charge in [-0.2, -0.15) is 0 Å². The van der Waals surface area contributed by atoms with Crippen LogP contribution in [0, 0.1) is 18.8 Å². The van der Waals surface area contributed by atoms with E-state index in [9.17, 15) is 14.6 Å². The Balaban J connectivity index is 1.57. The minimum atomic E-state index is -0.988. The van der Waals surface area contributed by atoms with Crippen molar-refractivity contribution in [2.24, 2.45) is 11.8 Å². The maximum Gasteiger partial charge on any atom is 0.492 e. The summed E-state index contributed by atoms with van der Waals surface area (Å²) >= 11 is 0. The molecular weight excluding hydrogens is 387 g/mol. The fourth-order valence-electron chi connectivity index (χ4n) is 4.08. The molecule has 0 bridgehead atoms. The third-order valence-corrected chi connectivity index (χ3v) is 5.82. The van der Waals surface area contributed by atoms with Crippen molar-refractivity contribution in [2.45, 2.75) is 66.0 Å². The van der Waals surface area contributed by atoms with Gasteiger partial charge >= 0.3 is 13.1 Å². The smallest absolute Gasteiger partial charge is 0.463 e. The SMILES string of the molecule is Cc1c(C(=O)CC[C@H](C(=O)OCC2COC(C)(C)O2)C(C)C)ccc2c1B(O)OC2. The maximum atomic E-state index is 12.8. The minimum absolute atomic E-state index is 0.0406. The van der Waals surface area contributed by atoms with E-state index in [-0.39, 0.29) is 42.7 Å². The Morgan fingerprint density at radius 3 is 2.70 bits per heavy atom. The molecule has 1 aromatic carbocycles. The molecule has 0 aromatic heterocycles. The molecule has 2 aliphatic rings. The zero-order valence-corrected chi connectivity index (χ0v) is 18.4. The summed E-state index contributed by atoms with van der Waals surface area (Å²) in [7, 11) is -0.988. The van der Waals surface area contributed by atoms with E-state index in [1.807, 2.05) is 40.7 Å². The van der Waals surface area contributed by atoms with Gasteiger partial charge in [0.2, 0.25) is 0 Å². The first kappa shape index (κ1) is 22.9. The van der Waals surface area contributed by atoms with Gasteiger partial charge in [0, 0.05) is 12.0 Å². The molecule has 0 amide bonds. The van der Waals surface area contributed by atoms with Crippen LogP contribution >= 0.6 is 0 Å². The van der Waals surface area contributed by atoms with Crippen molar-refractivity contribution < 1.29 is 33.5 Å². The number of benzene rings is 1. The molecule has 2 aliphatic heterocycles. The second-order valence-corrected chi connectivity index (χ2v) is 8.87. The van der Waals surface area contributed by atoms with Gasteiger partial charge < -0.3 is 23.9 Å². The summed E-state index contributed by atoms with van der Waals surface area (Å²) in [6, 6.07) is 3.60. The number of hydrogen-bond acceptors (Lipinski definition) is 7. The summed E-state index contributed by atoms with van der Waals surface area (Å²) in [4.78, 5) is 25.5. The Morgan fingerprint density at radius 1 is 1.33 bits per heavy atom. The van der Waals surface area contributed by atoms with Crippen molar-refractivity contribution >= 4 is 24.3 Å². The Morgan fingerprint density at radius 2 is 2.07 bits per heavy atom. The highest BCUT2D eigenvalue weighted by molar-refractivity contribution is 6.62. The van der Waals surface area contributed by atoms with Gasteiger partial charge in [-0.05, 0) is 49.7 Å². The van der Waals surface area contributed by atoms with Gasteiger partial charge in [-0.15, -0.1) is 0 Å². The van der Waals surface area contributed by atoms with Crippen molar-refractivity contribution in [1.82, 2.24) is 0 Å². The fraction of sp³-hybridized carbons (Fsp3) is 0.636. The van der Waals surface area contributed by atoms with Crippen LogP contribution in [0.25, 0.3) is 0 Å². The van der Waals surface area contributed by atoms with Crippen molar-refractivity contribution in [3.63, 3.8) is 0 Å². The first-order valence-corrected chi connectivity index (χ1v) is 10.5. The van der Waals surface area contributed by atoms with Crippen molar-refractivity contribution in [3.05, 3.63) is 28.8 Å². The summed E-state index contributed by atoms with van der Waals surface area (Å²) in [6.45, 7) is 10.2. The van der Waals surface area contributed by atoms with Gasteiger partial charge in [-0.3, -0.25) is 9.59 Å². The van der Waals surface area contributed by atoms with Crippen molar-refractivity contribution in [3.8, 4) is 0 Å². The highest BCUT2D eigenvalue weighted by Crippen LogP contribution is 2.25. The lowest BCUT2D eigenvalue weighted by Gasteiger charge is -2.21. The van der Waals surface area contributed by atoms with Gasteiger partial charge in [0.25, 0.3) is 0 Å². The minimum Gasteiger partial charge on any atom is -0.463 e. The third-order valence-electron chi connectivity index (χ3n) is 5.82. The number of rotatable bonds is 8. The number of hydrogen-bond donors (Lipinski definition) is 1. The number of carbonyl (C=O) groups excluding carboxylic acids is 2. The van der Waals surface area contributed by atoms with Crippen LogP contribution in [0.1, 0.15) is 62.0 Å². The Hall–Kier alpha value is -1.74. The number of ether oxygens (including phenoxy) is 3. The zero-order valence-electron chi connectivity index (χ0n) is 18.4. The highest BCUT2D eigenvalue weighted by atomic mass is 16.7. The molecule has 0 aliphatic carbocycles. The van der Waals surface area contributed by atoms with Crippen LogP contribution in [-0.4, -0.2) is 49.0 Å². The molecule has 2 heterocycles. The summed E-state index contributed by atoms with van der Waals surface area (Å²) in [5, 5.41) is 10.00. The molecule has 1 unspecified atom stereocenters. The monoisotopic (exact) mass is 418 g/mol. The molecule has 8 heteroatoms. The second kappa shape index (κ2) is 9.18. The van der Waals surface area contributed by atoms with E-state index >= 15 is 0 Å². The van der Waals surface area contributed by atoms with E-state index in [0.29, 0.717) is 30.7 Å². The van der Waals surface area contributed by atoms with E-state index in [1.165, 1.54) is 0 Å². The van der Waals surface area contributed by atoms with Crippen LogP contribution in [-0.2, 0) is 30.3 Å². The van der Waals surface area contributed by atoms with E-state index in [0.717, 1.165) is 11.1 Å². The molecule has 1 N–H and O–H groups in total. The predicted octanol–water partition coefficient (Wildman–Crippen LogP) is 2.14. The second-order valence-electron chi connectivity index (χ2n) is 8.87. The van der Waals surface area contributed by atoms with E-state index in [1.54, 1.807) is 6.07 Å². The summed E-state index contributed by atoms with van der Waals surface area (Å²) < 4.78 is 21.9. The van der Waals surface area contributed by atoms with Gasteiger partial charge in [0.1, 0.15) is 12.7 Å². The molecule has 0 saturated carbocycles. The molecule has 1 saturated heterocycles. The maximum absolute atomic E-state index is 12.8. The lowest BCUT2D eigenvalue weighted by Crippen LogP contribution is -2.32. The Kier molecular flexibility index (Phi) is 7.02. The molecular formula is C22H31BO7. The Bertz CT molecular complexity index is 805. The molecule has 2 atom stereocenters. The lowest BCUT2D eigenvalue weighted by atomic mass is 9.74. The number of carbonyl (C=O) groups is 2. The number of ketones is 1. The van der Waals surface area contributed by atoms with E-state index in [2.05, 4.69) is 0 Å². The predicted molar refractivity (Wildman–Crippen MR) is 111 cm³/mol. The largest absolute Gasteiger partial charge is 0.492 e. The molecule has 7 nitrogen and oxygen atoms in total. The van der Waals surface area contributed by atoms with Gasteiger partial charge in [0.15, 0.2) is 11.6 Å². The normalized spacial score (nSPS) is 21.0.